The summed E-state index contributed by atoms with van der Waals surface area (Å²) in [6, 6.07) is 0. The molecule has 0 radical (unpaired) electrons. The van der Waals surface area contributed by atoms with E-state index in [0.717, 1.165) is 18.0 Å². The van der Waals surface area contributed by atoms with Crippen molar-refractivity contribution >= 4 is 16.5 Å². The SMILES string of the molecule is Cc1nc(N)sc1CCCC(C)C. The van der Waals surface area contributed by atoms with Crippen molar-refractivity contribution in [3.63, 3.8) is 0 Å². The van der Waals surface area contributed by atoms with Crippen molar-refractivity contribution in [1.82, 2.24) is 4.98 Å². The number of nitrogens with two attached hydrogens (primary N) is 1. The predicted octanol–water partition coefficient (Wildman–Crippen LogP) is 3.01. The summed E-state index contributed by atoms with van der Waals surface area (Å²) in [6.07, 6.45) is 3.68. The van der Waals surface area contributed by atoms with Crippen LogP contribution >= 0.6 is 11.3 Å². The highest BCUT2D eigenvalue weighted by atomic mass is 32.1. The molecule has 0 aromatic carbocycles. The van der Waals surface area contributed by atoms with Crippen molar-refractivity contribution in [2.75, 3.05) is 5.73 Å². The Labute approximate surface area is 84.2 Å². The molecule has 1 aromatic rings. The smallest absolute Gasteiger partial charge is 0.180 e. The van der Waals surface area contributed by atoms with Crippen molar-refractivity contribution in [2.24, 2.45) is 5.92 Å². The summed E-state index contributed by atoms with van der Waals surface area (Å²) in [6.45, 7) is 6.55. The minimum atomic E-state index is 0.706. The van der Waals surface area contributed by atoms with Crippen LogP contribution in [-0.4, -0.2) is 4.98 Å². The standard InChI is InChI=1S/C10H18N2S/c1-7(2)5-4-6-9-8(3)12-10(11)13-9/h7H,4-6H2,1-3H3,(H2,11,12). The van der Waals surface area contributed by atoms with E-state index in [0.29, 0.717) is 5.13 Å². The zero-order chi connectivity index (χ0) is 9.84. The lowest BCUT2D eigenvalue weighted by atomic mass is 10.1. The Morgan fingerprint density at radius 1 is 1.46 bits per heavy atom. The molecule has 0 atom stereocenters. The molecule has 74 valence electrons. The van der Waals surface area contributed by atoms with Crippen molar-refractivity contribution in [3.05, 3.63) is 10.6 Å². The van der Waals surface area contributed by atoms with Gasteiger partial charge in [0, 0.05) is 4.88 Å². The third kappa shape index (κ3) is 3.35. The van der Waals surface area contributed by atoms with Gasteiger partial charge >= 0.3 is 0 Å². The Balaban J connectivity index is 2.40. The Morgan fingerprint density at radius 2 is 2.15 bits per heavy atom. The van der Waals surface area contributed by atoms with Crippen molar-refractivity contribution < 1.29 is 0 Å². The maximum atomic E-state index is 5.62. The van der Waals surface area contributed by atoms with Crippen molar-refractivity contribution in [2.45, 2.75) is 40.0 Å². The number of nitrogens with zero attached hydrogens (tertiary/aromatic N) is 1. The molecule has 3 heteroatoms. The summed E-state index contributed by atoms with van der Waals surface area (Å²) < 4.78 is 0. The number of hydrogen-bond donors (Lipinski definition) is 1. The fourth-order valence-corrected chi connectivity index (χ4v) is 2.23. The molecular formula is C10H18N2S. The summed E-state index contributed by atoms with van der Waals surface area (Å²) >= 11 is 1.63. The first-order valence-electron chi connectivity index (χ1n) is 4.81. The molecule has 1 heterocycles. The van der Waals surface area contributed by atoms with Crippen LogP contribution in [0.2, 0.25) is 0 Å². The van der Waals surface area contributed by atoms with E-state index in [9.17, 15) is 0 Å². The lowest BCUT2D eigenvalue weighted by Gasteiger charge is -2.02. The Morgan fingerprint density at radius 3 is 2.62 bits per heavy atom. The van der Waals surface area contributed by atoms with Crippen LogP contribution < -0.4 is 5.73 Å². The Bertz CT molecular complexity index is 266. The van der Waals surface area contributed by atoms with E-state index in [-0.39, 0.29) is 0 Å². The summed E-state index contributed by atoms with van der Waals surface area (Å²) in [4.78, 5) is 5.56. The number of thiazole rings is 1. The molecule has 0 saturated carbocycles. The largest absolute Gasteiger partial charge is 0.375 e. The molecule has 1 aromatic heterocycles. The monoisotopic (exact) mass is 198 g/mol. The molecule has 0 bridgehead atoms. The minimum Gasteiger partial charge on any atom is -0.375 e. The quantitative estimate of drug-likeness (QED) is 0.807. The van der Waals surface area contributed by atoms with Gasteiger partial charge in [-0.1, -0.05) is 20.3 Å². The second kappa shape index (κ2) is 4.61. The molecule has 0 aliphatic rings. The van der Waals surface area contributed by atoms with Gasteiger partial charge in [0.1, 0.15) is 0 Å². The van der Waals surface area contributed by atoms with Crippen LogP contribution in [0.15, 0.2) is 0 Å². The summed E-state index contributed by atoms with van der Waals surface area (Å²) in [7, 11) is 0. The second-order valence-corrected chi connectivity index (χ2v) is 4.96. The van der Waals surface area contributed by atoms with E-state index < -0.39 is 0 Å². The first-order chi connectivity index (χ1) is 6.09. The molecule has 1 rings (SSSR count). The van der Waals surface area contributed by atoms with E-state index in [1.54, 1.807) is 11.3 Å². The molecule has 2 nitrogen and oxygen atoms in total. The first kappa shape index (κ1) is 10.5. The third-order valence-corrected chi connectivity index (χ3v) is 3.14. The van der Waals surface area contributed by atoms with Crippen LogP contribution in [-0.2, 0) is 6.42 Å². The average molecular weight is 198 g/mol. The van der Waals surface area contributed by atoms with Gasteiger partial charge in [-0.3, -0.25) is 0 Å². The van der Waals surface area contributed by atoms with E-state index in [1.165, 1.54) is 17.7 Å². The zero-order valence-corrected chi connectivity index (χ0v) is 9.45. The zero-order valence-electron chi connectivity index (χ0n) is 8.63. The van der Waals surface area contributed by atoms with Gasteiger partial charge in [0.05, 0.1) is 5.69 Å². The maximum absolute atomic E-state index is 5.62. The summed E-state index contributed by atoms with van der Waals surface area (Å²) in [5.41, 5.74) is 6.74. The molecule has 13 heavy (non-hydrogen) atoms. The van der Waals surface area contributed by atoms with Gasteiger partial charge in [-0.25, -0.2) is 4.98 Å². The first-order valence-corrected chi connectivity index (χ1v) is 5.63. The highest BCUT2D eigenvalue weighted by molar-refractivity contribution is 7.15. The molecule has 0 unspecified atom stereocenters. The number of rotatable bonds is 4. The van der Waals surface area contributed by atoms with Gasteiger partial charge in [-0.05, 0) is 25.7 Å². The fraction of sp³-hybridized carbons (Fsp3) is 0.700. The van der Waals surface area contributed by atoms with Gasteiger partial charge in [0.25, 0.3) is 0 Å². The van der Waals surface area contributed by atoms with E-state index in [1.807, 2.05) is 6.92 Å². The van der Waals surface area contributed by atoms with Crippen LogP contribution in [0.5, 0.6) is 0 Å². The maximum Gasteiger partial charge on any atom is 0.180 e. The minimum absolute atomic E-state index is 0.706. The number of aromatic nitrogens is 1. The van der Waals surface area contributed by atoms with Crippen molar-refractivity contribution in [3.8, 4) is 0 Å². The molecule has 2 N–H and O–H groups in total. The molecular weight excluding hydrogens is 180 g/mol. The topological polar surface area (TPSA) is 38.9 Å². The van der Waals surface area contributed by atoms with Gasteiger partial charge < -0.3 is 5.73 Å². The summed E-state index contributed by atoms with van der Waals surface area (Å²) in [5.74, 6) is 0.797. The molecule has 0 amide bonds. The second-order valence-electron chi connectivity index (χ2n) is 3.85. The molecule has 0 aliphatic heterocycles. The Hall–Kier alpha value is -0.570. The van der Waals surface area contributed by atoms with Crippen LogP contribution in [0.1, 0.15) is 37.3 Å². The van der Waals surface area contributed by atoms with Gasteiger partial charge in [0.15, 0.2) is 5.13 Å². The fourth-order valence-electron chi connectivity index (χ4n) is 1.35. The predicted molar refractivity (Wildman–Crippen MR) is 59.0 cm³/mol. The van der Waals surface area contributed by atoms with Crippen molar-refractivity contribution in [1.29, 1.82) is 0 Å². The highest BCUT2D eigenvalue weighted by Gasteiger charge is 2.04. The summed E-state index contributed by atoms with van der Waals surface area (Å²) in [5, 5.41) is 0.706. The van der Waals surface area contributed by atoms with E-state index in [4.69, 9.17) is 5.73 Å². The molecule has 0 fully saturated rings. The van der Waals surface area contributed by atoms with Gasteiger partial charge in [0.2, 0.25) is 0 Å². The molecule has 0 spiro atoms. The lowest BCUT2D eigenvalue weighted by molar-refractivity contribution is 0.557. The third-order valence-electron chi connectivity index (χ3n) is 2.09. The van der Waals surface area contributed by atoms with Gasteiger partial charge in [-0.15, -0.1) is 11.3 Å². The number of nitrogen functional groups attached to an aromatic ring is 1. The van der Waals surface area contributed by atoms with Crippen LogP contribution in [0.4, 0.5) is 5.13 Å². The number of aryl methyl sites for hydroxylation is 2. The highest BCUT2D eigenvalue weighted by Crippen LogP contribution is 2.22. The van der Waals surface area contributed by atoms with Crippen LogP contribution in [0, 0.1) is 12.8 Å². The number of anilines is 1. The number of hydrogen-bond acceptors (Lipinski definition) is 3. The van der Waals surface area contributed by atoms with Crippen LogP contribution in [0.25, 0.3) is 0 Å². The Kier molecular flexibility index (Phi) is 3.72. The van der Waals surface area contributed by atoms with Crippen LogP contribution in [0.3, 0.4) is 0 Å². The average Bonchev–Trinajstić information content (AvgIpc) is 2.29. The lowest BCUT2D eigenvalue weighted by Crippen LogP contribution is -1.90. The normalized spacial score (nSPS) is 11.1. The van der Waals surface area contributed by atoms with Gasteiger partial charge in [-0.2, -0.15) is 0 Å². The van der Waals surface area contributed by atoms with E-state index >= 15 is 0 Å². The molecule has 0 aliphatic carbocycles. The van der Waals surface area contributed by atoms with E-state index in [2.05, 4.69) is 18.8 Å². The molecule has 0 saturated heterocycles.